The van der Waals surface area contributed by atoms with Gasteiger partial charge in [-0.1, -0.05) is 31.2 Å². The zero-order chi connectivity index (χ0) is 12.4. The summed E-state index contributed by atoms with van der Waals surface area (Å²) in [6.07, 6.45) is 5.66. The topological polar surface area (TPSA) is 42.7 Å². The third kappa shape index (κ3) is 1.93. The predicted molar refractivity (Wildman–Crippen MR) is 70.2 cm³/mol. The minimum absolute atomic E-state index is 0.335. The van der Waals surface area contributed by atoms with Crippen LogP contribution in [0.15, 0.2) is 36.9 Å². The molecular formula is C14H18N4. The first-order chi connectivity index (χ1) is 8.90. The maximum atomic E-state index is 4.31. The molecule has 1 aromatic carbocycles. The molecule has 2 aromatic rings. The minimum atomic E-state index is 0.335. The zero-order valence-electron chi connectivity index (χ0n) is 10.6. The summed E-state index contributed by atoms with van der Waals surface area (Å²) in [6.45, 7) is 3.11. The number of hydrogen-bond acceptors (Lipinski definition) is 3. The third-order valence-corrected chi connectivity index (χ3v) is 3.68. The number of aryl methyl sites for hydroxylation is 1. The van der Waals surface area contributed by atoms with Crippen molar-refractivity contribution in [1.82, 2.24) is 20.1 Å². The number of benzene rings is 1. The number of fused-ring (bicyclic) bond motifs is 1. The smallest absolute Gasteiger partial charge is 0.137 e. The molecule has 1 aliphatic rings. The summed E-state index contributed by atoms with van der Waals surface area (Å²) in [5.74, 6) is 0. The van der Waals surface area contributed by atoms with Crippen molar-refractivity contribution in [2.75, 3.05) is 6.54 Å². The number of aromatic nitrogens is 3. The van der Waals surface area contributed by atoms with E-state index < -0.39 is 0 Å². The van der Waals surface area contributed by atoms with E-state index in [1.807, 2.05) is 11.0 Å². The molecule has 0 bridgehead atoms. The SMILES string of the molecule is CCNC1c2ccccc2CCC1n1cncn1. The van der Waals surface area contributed by atoms with E-state index in [0.717, 1.165) is 19.4 Å². The van der Waals surface area contributed by atoms with E-state index in [-0.39, 0.29) is 0 Å². The molecule has 1 aliphatic carbocycles. The molecule has 18 heavy (non-hydrogen) atoms. The Hall–Kier alpha value is -1.68. The van der Waals surface area contributed by atoms with E-state index in [9.17, 15) is 0 Å². The molecule has 1 N–H and O–H groups in total. The molecule has 2 unspecified atom stereocenters. The summed E-state index contributed by atoms with van der Waals surface area (Å²) in [4.78, 5) is 4.07. The fourth-order valence-corrected chi connectivity index (χ4v) is 2.88. The molecular weight excluding hydrogens is 224 g/mol. The predicted octanol–water partition coefficient (Wildman–Crippen LogP) is 2.12. The standard InChI is InChI=1S/C14H18N4/c1-2-16-14-12-6-4-3-5-11(12)7-8-13(14)18-10-15-9-17-18/h3-6,9-10,13-14,16H,2,7-8H2,1H3. The first-order valence-corrected chi connectivity index (χ1v) is 6.55. The number of nitrogens with one attached hydrogen (secondary N) is 1. The molecule has 3 rings (SSSR count). The van der Waals surface area contributed by atoms with Crippen molar-refractivity contribution < 1.29 is 0 Å². The number of likely N-dealkylation sites (N-methyl/N-ethyl adjacent to an activating group) is 1. The highest BCUT2D eigenvalue weighted by Gasteiger charge is 2.30. The second-order valence-corrected chi connectivity index (χ2v) is 4.72. The van der Waals surface area contributed by atoms with Gasteiger partial charge in [0.2, 0.25) is 0 Å². The highest BCUT2D eigenvalue weighted by molar-refractivity contribution is 5.33. The Balaban J connectivity index is 1.98. The van der Waals surface area contributed by atoms with Crippen LogP contribution in [0.4, 0.5) is 0 Å². The van der Waals surface area contributed by atoms with E-state index in [1.165, 1.54) is 11.1 Å². The van der Waals surface area contributed by atoms with Crippen molar-refractivity contribution in [2.45, 2.75) is 31.8 Å². The summed E-state index contributed by atoms with van der Waals surface area (Å²) in [5.41, 5.74) is 2.87. The molecule has 1 heterocycles. The molecule has 0 aliphatic heterocycles. The van der Waals surface area contributed by atoms with E-state index >= 15 is 0 Å². The van der Waals surface area contributed by atoms with Crippen LogP contribution >= 0.6 is 0 Å². The van der Waals surface area contributed by atoms with Crippen LogP contribution in [0.25, 0.3) is 0 Å². The van der Waals surface area contributed by atoms with Gasteiger partial charge in [0, 0.05) is 0 Å². The van der Waals surface area contributed by atoms with Crippen LogP contribution in [-0.2, 0) is 6.42 Å². The van der Waals surface area contributed by atoms with E-state index in [1.54, 1.807) is 6.33 Å². The Morgan fingerprint density at radius 3 is 3.06 bits per heavy atom. The lowest BCUT2D eigenvalue weighted by Gasteiger charge is -2.34. The second-order valence-electron chi connectivity index (χ2n) is 4.72. The van der Waals surface area contributed by atoms with Gasteiger partial charge in [-0.05, 0) is 30.5 Å². The van der Waals surface area contributed by atoms with Gasteiger partial charge in [0.25, 0.3) is 0 Å². The van der Waals surface area contributed by atoms with Crippen LogP contribution in [0.3, 0.4) is 0 Å². The summed E-state index contributed by atoms with van der Waals surface area (Å²) >= 11 is 0. The quantitative estimate of drug-likeness (QED) is 0.896. The van der Waals surface area contributed by atoms with Gasteiger partial charge in [-0.15, -0.1) is 0 Å². The fraction of sp³-hybridized carbons (Fsp3) is 0.429. The molecule has 0 amide bonds. The fourth-order valence-electron chi connectivity index (χ4n) is 2.88. The summed E-state index contributed by atoms with van der Waals surface area (Å²) in [7, 11) is 0. The average Bonchev–Trinajstić information content (AvgIpc) is 2.93. The van der Waals surface area contributed by atoms with Crippen molar-refractivity contribution in [2.24, 2.45) is 0 Å². The number of rotatable bonds is 3. The van der Waals surface area contributed by atoms with Crippen LogP contribution in [0.2, 0.25) is 0 Å². The lowest BCUT2D eigenvalue weighted by molar-refractivity contribution is 0.299. The van der Waals surface area contributed by atoms with Crippen molar-refractivity contribution in [1.29, 1.82) is 0 Å². The van der Waals surface area contributed by atoms with Gasteiger partial charge in [-0.3, -0.25) is 0 Å². The number of hydrogen-bond donors (Lipinski definition) is 1. The maximum absolute atomic E-state index is 4.31. The average molecular weight is 242 g/mol. The zero-order valence-corrected chi connectivity index (χ0v) is 10.6. The Kier molecular flexibility index (Phi) is 3.11. The molecule has 4 nitrogen and oxygen atoms in total. The van der Waals surface area contributed by atoms with Gasteiger partial charge in [-0.2, -0.15) is 5.10 Å². The van der Waals surface area contributed by atoms with Gasteiger partial charge in [0.15, 0.2) is 0 Å². The lowest BCUT2D eigenvalue weighted by Crippen LogP contribution is -2.34. The van der Waals surface area contributed by atoms with E-state index in [4.69, 9.17) is 0 Å². The van der Waals surface area contributed by atoms with Crippen LogP contribution in [0, 0.1) is 0 Å². The highest BCUT2D eigenvalue weighted by Crippen LogP contribution is 2.36. The molecule has 0 radical (unpaired) electrons. The molecule has 0 saturated carbocycles. The van der Waals surface area contributed by atoms with Crippen LogP contribution in [-0.4, -0.2) is 21.3 Å². The van der Waals surface area contributed by atoms with E-state index in [0.29, 0.717) is 12.1 Å². The van der Waals surface area contributed by atoms with Gasteiger partial charge < -0.3 is 5.32 Å². The van der Waals surface area contributed by atoms with Crippen molar-refractivity contribution in [3.05, 3.63) is 48.0 Å². The maximum Gasteiger partial charge on any atom is 0.137 e. The molecule has 2 atom stereocenters. The molecule has 0 spiro atoms. The first-order valence-electron chi connectivity index (χ1n) is 6.55. The molecule has 94 valence electrons. The Bertz CT molecular complexity index is 506. The Morgan fingerprint density at radius 1 is 1.39 bits per heavy atom. The van der Waals surface area contributed by atoms with Gasteiger partial charge in [-0.25, -0.2) is 9.67 Å². The lowest BCUT2D eigenvalue weighted by atomic mass is 9.84. The largest absolute Gasteiger partial charge is 0.308 e. The van der Waals surface area contributed by atoms with Gasteiger partial charge in [0.05, 0.1) is 12.1 Å². The second kappa shape index (κ2) is 4.90. The first kappa shape index (κ1) is 11.4. The van der Waals surface area contributed by atoms with Crippen LogP contribution < -0.4 is 5.32 Å². The Morgan fingerprint density at radius 2 is 2.28 bits per heavy atom. The van der Waals surface area contributed by atoms with Crippen LogP contribution in [0.5, 0.6) is 0 Å². The molecule has 0 saturated heterocycles. The van der Waals surface area contributed by atoms with E-state index in [2.05, 4.69) is 46.6 Å². The normalized spacial score (nSPS) is 22.7. The minimum Gasteiger partial charge on any atom is -0.308 e. The molecule has 0 fully saturated rings. The third-order valence-electron chi connectivity index (χ3n) is 3.68. The monoisotopic (exact) mass is 242 g/mol. The molecule has 1 aromatic heterocycles. The summed E-state index contributed by atoms with van der Waals surface area (Å²) < 4.78 is 1.99. The van der Waals surface area contributed by atoms with Crippen molar-refractivity contribution >= 4 is 0 Å². The van der Waals surface area contributed by atoms with Crippen molar-refractivity contribution in [3.63, 3.8) is 0 Å². The van der Waals surface area contributed by atoms with Crippen LogP contribution in [0.1, 0.15) is 36.6 Å². The number of nitrogens with zero attached hydrogens (tertiary/aromatic N) is 3. The molecule has 4 heteroatoms. The van der Waals surface area contributed by atoms with Gasteiger partial charge in [0.1, 0.15) is 12.7 Å². The van der Waals surface area contributed by atoms with Crippen molar-refractivity contribution in [3.8, 4) is 0 Å². The van der Waals surface area contributed by atoms with Gasteiger partial charge >= 0.3 is 0 Å². The Labute approximate surface area is 107 Å². The highest BCUT2D eigenvalue weighted by atomic mass is 15.3. The summed E-state index contributed by atoms with van der Waals surface area (Å²) in [6, 6.07) is 9.40. The summed E-state index contributed by atoms with van der Waals surface area (Å²) in [5, 5.41) is 7.90.